The Morgan fingerprint density at radius 1 is 0.909 bits per heavy atom. The van der Waals surface area contributed by atoms with Crippen LogP contribution >= 0.6 is 0 Å². The second-order valence-electron chi connectivity index (χ2n) is 20.1. The monoisotopic (exact) mass is 624 g/mol. The summed E-state index contributed by atoms with van der Waals surface area (Å²) in [4.78, 5) is 13.1. The number of aliphatic hydroxyl groups is 1. The van der Waals surface area contributed by atoms with E-state index < -0.39 is 17.3 Å². The smallest absolute Gasteiger partial charge is 0.307 e. The zero-order valence-corrected chi connectivity index (χ0v) is 31.9. The molecule has 0 aliphatic carbocycles. The van der Waals surface area contributed by atoms with Crippen LogP contribution in [0.15, 0.2) is 0 Å². The van der Waals surface area contributed by atoms with Crippen LogP contribution < -0.4 is 10.6 Å². The van der Waals surface area contributed by atoms with Crippen LogP contribution in [0.4, 0.5) is 0 Å². The van der Waals surface area contributed by atoms with E-state index in [1.54, 1.807) is 0 Å². The number of carbonyl (C=O) groups is 1. The maximum Gasteiger partial charge on any atom is 0.307 e. The highest BCUT2D eigenvalue weighted by Crippen LogP contribution is 2.54. The van der Waals surface area contributed by atoms with Crippen LogP contribution in [0, 0.1) is 32.5 Å². The van der Waals surface area contributed by atoms with Crippen molar-refractivity contribution >= 4 is 5.97 Å². The summed E-state index contributed by atoms with van der Waals surface area (Å²) in [6, 6.07) is 0.150. The van der Waals surface area contributed by atoms with Gasteiger partial charge in [0.2, 0.25) is 0 Å². The molecule has 4 N–H and O–H groups in total. The van der Waals surface area contributed by atoms with Gasteiger partial charge in [0.05, 0.1) is 18.2 Å². The van der Waals surface area contributed by atoms with E-state index in [4.69, 9.17) is 4.74 Å². The van der Waals surface area contributed by atoms with Crippen molar-refractivity contribution in [2.75, 3.05) is 6.54 Å². The fourth-order valence-corrected chi connectivity index (χ4v) is 7.56. The Kier molecular flexibility index (Phi) is 11.4. The minimum Gasteiger partial charge on any atom is -0.462 e. The van der Waals surface area contributed by atoms with Crippen molar-refractivity contribution in [3.05, 3.63) is 0 Å². The molecule has 5 unspecified atom stereocenters. The van der Waals surface area contributed by atoms with Crippen molar-refractivity contribution in [2.45, 2.75) is 192 Å². The number of nitrogens with one attached hydrogen (secondary N) is 2. The molecule has 2 saturated heterocycles. The molecule has 0 aromatic rings. The fraction of sp³-hybridized carbons (Fsp3) is 0.973. The van der Waals surface area contributed by atoms with Crippen LogP contribution in [0.25, 0.3) is 0 Å². The van der Waals surface area contributed by atoms with Crippen LogP contribution in [0.5, 0.6) is 0 Å². The summed E-state index contributed by atoms with van der Waals surface area (Å²) < 4.78 is 6.11. The maximum absolute atomic E-state index is 13.1. The minimum absolute atomic E-state index is 0.00994. The Labute approximate surface area is 272 Å². The molecule has 2 heterocycles. The van der Waals surface area contributed by atoms with E-state index in [9.17, 15) is 15.1 Å². The van der Waals surface area contributed by atoms with Crippen molar-refractivity contribution < 1.29 is 19.8 Å². The van der Waals surface area contributed by atoms with Gasteiger partial charge in [-0.2, -0.15) is 5.06 Å². The number of hydroxylamine groups is 2. The highest BCUT2D eigenvalue weighted by molar-refractivity contribution is 5.69. The molecule has 5 atom stereocenters. The van der Waals surface area contributed by atoms with Crippen LogP contribution in [-0.2, 0) is 9.53 Å². The number of hydrogen-bond acceptors (Lipinski definition) is 7. The molecule has 2 aliphatic heterocycles. The Bertz CT molecular complexity index is 988. The average Bonchev–Trinajstić information content (AvgIpc) is 2.78. The van der Waals surface area contributed by atoms with E-state index in [0.29, 0.717) is 25.8 Å². The van der Waals surface area contributed by atoms with Crippen molar-refractivity contribution in [2.24, 2.45) is 32.5 Å². The van der Waals surface area contributed by atoms with Crippen LogP contribution in [0.1, 0.15) is 156 Å². The molecule has 2 fully saturated rings. The Morgan fingerprint density at radius 3 is 1.95 bits per heavy atom. The van der Waals surface area contributed by atoms with Crippen molar-refractivity contribution in [1.29, 1.82) is 0 Å². The zero-order chi connectivity index (χ0) is 34.5. The summed E-state index contributed by atoms with van der Waals surface area (Å²) in [5, 5.41) is 32.7. The molecule has 2 bridgehead atoms. The number of aliphatic hydroxyl groups excluding tert-OH is 1. The molecule has 2 aliphatic rings. The SMILES string of the molecule is CC(C)(C)CC(O)C(C)(C)C(C)(C)CC1NC2(C)CC(CC(C)(C)N2O)OC(=O)CCNC(C(C)(C)C)CC(C)(C)C1(C)C. The summed E-state index contributed by atoms with van der Waals surface area (Å²) in [6.45, 7) is 38.6. The first-order valence-corrected chi connectivity index (χ1v) is 17.3. The molecule has 2 rings (SSSR count). The highest BCUT2D eigenvalue weighted by atomic mass is 16.5. The molecule has 260 valence electrons. The van der Waals surface area contributed by atoms with Crippen LogP contribution in [0.3, 0.4) is 0 Å². The lowest BCUT2D eigenvalue weighted by Gasteiger charge is -2.59. The van der Waals surface area contributed by atoms with Gasteiger partial charge >= 0.3 is 5.97 Å². The van der Waals surface area contributed by atoms with Gasteiger partial charge in [0, 0.05) is 37.0 Å². The third-order valence-corrected chi connectivity index (χ3v) is 12.4. The number of carbonyl (C=O) groups excluding carboxylic acids is 1. The molecule has 0 saturated carbocycles. The minimum atomic E-state index is -0.833. The highest BCUT2D eigenvalue weighted by Gasteiger charge is 2.55. The van der Waals surface area contributed by atoms with Crippen LogP contribution in [-0.4, -0.2) is 63.4 Å². The number of fused-ring (bicyclic) bond motifs is 2. The van der Waals surface area contributed by atoms with Crippen LogP contribution in [0.2, 0.25) is 0 Å². The zero-order valence-electron chi connectivity index (χ0n) is 31.9. The Morgan fingerprint density at radius 2 is 1.45 bits per heavy atom. The summed E-state index contributed by atoms with van der Waals surface area (Å²) in [6.07, 6.45) is 3.02. The normalized spacial score (nSPS) is 32.0. The van der Waals surface area contributed by atoms with Gasteiger partial charge in [-0.05, 0) is 72.5 Å². The van der Waals surface area contributed by atoms with E-state index >= 15 is 0 Å². The standard InChI is InChI=1S/C37H73N3O4/c1-30(2,3)24-28(41)36(15,16)33(9,10)23-27-35(13,14)32(7,8)22-26(31(4,5)6)38-19-18-29(42)44-25-20-34(11,12)40(43)37(17,21-25)39-27/h25-28,38-39,41,43H,18-24H2,1-17H3. The molecule has 0 radical (unpaired) electrons. The largest absolute Gasteiger partial charge is 0.462 e. The van der Waals surface area contributed by atoms with Gasteiger partial charge in [0.25, 0.3) is 0 Å². The molecular formula is C37H73N3O4. The van der Waals surface area contributed by atoms with E-state index in [1.807, 2.05) is 13.8 Å². The van der Waals surface area contributed by atoms with Crippen molar-refractivity contribution in [3.63, 3.8) is 0 Å². The van der Waals surface area contributed by atoms with Gasteiger partial charge in [-0.1, -0.05) is 96.9 Å². The number of ether oxygens (including phenoxy) is 1. The molecule has 7 nitrogen and oxygen atoms in total. The van der Waals surface area contributed by atoms with Gasteiger partial charge in [-0.15, -0.1) is 0 Å². The van der Waals surface area contributed by atoms with E-state index in [0.717, 1.165) is 19.3 Å². The number of nitrogens with zero attached hydrogens (tertiary/aromatic N) is 1. The first kappa shape index (κ1) is 39.4. The Hall–Kier alpha value is -0.730. The molecule has 0 aromatic heterocycles. The maximum atomic E-state index is 13.1. The second kappa shape index (κ2) is 12.7. The van der Waals surface area contributed by atoms with E-state index in [-0.39, 0.29) is 56.6 Å². The number of rotatable bonds is 5. The van der Waals surface area contributed by atoms with Crippen molar-refractivity contribution in [3.8, 4) is 0 Å². The topological polar surface area (TPSA) is 94.1 Å². The Balaban J connectivity index is 2.71. The third kappa shape index (κ3) is 8.79. The van der Waals surface area contributed by atoms with Gasteiger partial charge in [0.15, 0.2) is 0 Å². The molecule has 7 heteroatoms. The summed E-state index contributed by atoms with van der Waals surface area (Å²) in [5.41, 5.74) is -2.43. The molecular weight excluding hydrogens is 550 g/mol. The number of piperidine rings is 1. The number of hydrogen-bond donors (Lipinski definition) is 4. The third-order valence-electron chi connectivity index (χ3n) is 12.4. The lowest BCUT2D eigenvalue weighted by atomic mass is 9.54. The van der Waals surface area contributed by atoms with E-state index in [1.165, 1.54) is 5.06 Å². The quantitative estimate of drug-likeness (QED) is 0.231. The first-order valence-electron chi connectivity index (χ1n) is 17.3. The molecule has 0 amide bonds. The van der Waals surface area contributed by atoms with Gasteiger partial charge in [-0.25, -0.2) is 0 Å². The first-order chi connectivity index (χ1) is 19.4. The average molecular weight is 624 g/mol. The summed E-state index contributed by atoms with van der Waals surface area (Å²) in [7, 11) is 0. The van der Waals surface area contributed by atoms with Gasteiger partial charge < -0.3 is 20.4 Å². The lowest BCUT2D eigenvalue weighted by molar-refractivity contribution is -0.279. The molecule has 0 aromatic carbocycles. The predicted molar refractivity (Wildman–Crippen MR) is 182 cm³/mol. The van der Waals surface area contributed by atoms with E-state index in [2.05, 4.69) is 114 Å². The van der Waals surface area contributed by atoms with Crippen molar-refractivity contribution in [1.82, 2.24) is 15.7 Å². The van der Waals surface area contributed by atoms with Gasteiger partial charge in [-0.3, -0.25) is 10.1 Å². The second-order valence-corrected chi connectivity index (χ2v) is 20.1. The summed E-state index contributed by atoms with van der Waals surface area (Å²) >= 11 is 0. The molecule has 0 spiro atoms. The lowest BCUT2D eigenvalue weighted by Crippen LogP contribution is -2.72. The van der Waals surface area contributed by atoms with Gasteiger partial charge in [0.1, 0.15) is 6.10 Å². The number of esters is 1. The predicted octanol–water partition coefficient (Wildman–Crippen LogP) is 7.93. The molecule has 44 heavy (non-hydrogen) atoms. The fourth-order valence-electron chi connectivity index (χ4n) is 7.56. The summed E-state index contributed by atoms with van der Waals surface area (Å²) in [5.74, 6) is -0.191.